The lowest BCUT2D eigenvalue weighted by molar-refractivity contribution is 0.0582. The maximum Gasteiger partial charge on any atom is 0.254 e. The third-order valence-corrected chi connectivity index (χ3v) is 4.11. The first-order valence-electron chi connectivity index (χ1n) is 7.15. The third-order valence-electron chi connectivity index (χ3n) is 4.11. The summed E-state index contributed by atoms with van der Waals surface area (Å²) in [5.41, 5.74) is 9.02. The fourth-order valence-corrected chi connectivity index (χ4v) is 3.05. The van der Waals surface area contributed by atoms with E-state index in [4.69, 9.17) is 5.73 Å². The number of piperidine rings is 1. The van der Waals surface area contributed by atoms with E-state index in [1.807, 2.05) is 43.9 Å². The number of hydrogen-bond donors (Lipinski definition) is 1. The lowest BCUT2D eigenvalue weighted by atomic mass is 9.94. The molecule has 3 nitrogen and oxygen atoms in total. The molecule has 1 heterocycles. The lowest BCUT2D eigenvalue weighted by Gasteiger charge is -2.38. The van der Waals surface area contributed by atoms with Crippen molar-refractivity contribution in [3.8, 4) is 0 Å². The van der Waals surface area contributed by atoms with Crippen LogP contribution in [-0.2, 0) is 0 Å². The van der Waals surface area contributed by atoms with Crippen molar-refractivity contribution in [3.63, 3.8) is 0 Å². The standard InChI is InChI=1S/C16H24N2O/c1-11-7-6-8-12(2)15(11)16(19)18-10-5-4-9-14(18)13(3)17/h6-8,13-14H,4-5,9-10,17H2,1-3H3. The predicted octanol–water partition coefficient (Wildman–Crippen LogP) is 2.65. The number of likely N-dealkylation sites (tertiary alicyclic amines) is 1. The van der Waals surface area contributed by atoms with Gasteiger partial charge in [0.2, 0.25) is 0 Å². The van der Waals surface area contributed by atoms with Crippen LogP contribution in [0.2, 0.25) is 0 Å². The highest BCUT2D eigenvalue weighted by molar-refractivity contribution is 5.97. The number of aryl methyl sites for hydroxylation is 2. The van der Waals surface area contributed by atoms with E-state index < -0.39 is 0 Å². The Labute approximate surface area is 115 Å². The van der Waals surface area contributed by atoms with Crippen LogP contribution >= 0.6 is 0 Å². The van der Waals surface area contributed by atoms with E-state index in [9.17, 15) is 4.79 Å². The van der Waals surface area contributed by atoms with Crippen LogP contribution in [0.15, 0.2) is 18.2 Å². The molecule has 1 aromatic rings. The molecule has 19 heavy (non-hydrogen) atoms. The summed E-state index contributed by atoms with van der Waals surface area (Å²) in [6, 6.07) is 6.23. The Balaban J connectivity index is 2.32. The van der Waals surface area contributed by atoms with Gasteiger partial charge in [0.15, 0.2) is 0 Å². The fraction of sp³-hybridized carbons (Fsp3) is 0.562. The molecule has 0 bridgehead atoms. The smallest absolute Gasteiger partial charge is 0.254 e. The molecule has 3 heteroatoms. The van der Waals surface area contributed by atoms with Crippen LogP contribution in [0.4, 0.5) is 0 Å². The Morgan fingerprint density at radius 3 is 2.53 bits per heavy atom. The van der Waals surface area contributed by atoms with Crippen molar-refractivity contribution in [1.29, 1.82) is 0 Å². The first kappa shape index (κ1) is 14.1. The zero-order chi connectivity index (χ0) is 14.0. The second-order valence-electron chi connectivity index (χ2n) is 5.69. The molecule has 2 N–H and O–H groups in total. The summed E-state index contributed by atoms with van der Waals surface area (Å²) in [5.74, 6) is 0.151. The van der Waals surface area contributed by atoms with E-state index in [2.05, 4.69) is 0 Å². The molecular formula is C16H24N2O. The summed E-state index contributed by atoms with van der Waals surface area (Å²) in [4.78, 5) is 14.8. The average Bonchev–Trinajstić information content (AvgIpc) is 2.38. The maximum absolute atomic E-state index is 12.8. The number of benzene rings is 1. The number of rotatable bonds is 2. The van der Waals surface area contributed by atoms with Crippen LogP contribution in [0.5, 0.6) is 0 Å². The first-order valence-corrected chi connectivity index (χ1v) is 7.15. The van der Waals surface area contributed by atoms with E-state index in [1.165, 1.54) is 6.42 Å². The lowest BCUT2D eigenvalue weighted by Crippen LogP contribution is -2.51. The van der Waals surface area contributed by atoms with Gasteiger partial charge in [0.25, 0.3) is 5.91 Å². The molecule has 2 unspecified atom stereocenters. The van der Waals surface area contributed by atoms with Gasteiger partial charge in [-0.25, -0.2) is 0 Å². The van der Waals surface area contributed by atoms with Crippen LogP contribution < -0.4 is 5.73 Å². The predicted molar refractivity (Wildman–Crippen MR) is 78.2 cm³/mol. The van der Waals surface area contributed by atoms with E-state index >= 15 is 0 Å². The van der Waals surface area contributed by atoms with E-state index in [0.29, 0.717) is 0 Å². The van der Waals surface area contributed by atoms with E-state index in [-0.39, 0.29) is 18.0 Å². The molecule has 0 spiro atoms. The van der Waals surface area contributed by atoms with Gasteiger partial charge in [-0.3, -0.25) is 4.79 Å². The largest absolute Gasteiger partial charge is 0.334 e. The van der Waals surface area contributed by atoms with Crippen molar-refractivity contribution in [2.75, 3.05) is 6.54 Å². The summed E-state index contributed by atoms with van der Waals surface area (Å²) in [6.45, 7) is 6.84. The Kier molecular flexibility index (Phi) is 4.25. The molecule has 0 aliphatic carbocycles. The molecule has 104 valence electrons. The fourth-order valence-electron chi connectivity index (χ4n) is 3.05. The molecule has 1 aliphatic rings. The van der Waals surface area contributed by atoms with Gasteiger partial charge in [0.05, 0.1) is 0 Å². The van der Waals surface area contributed by atoms with Crippen LogP contribution in [0.25, 0.3) is 0 Å². The second-order valence-corrected chi connectivity index (χ2v) is 5.69. The minimum atomic E-state index is 0.0357. The first-order chi connectivity index (χ1) is 9.02. The molecule has 1 aliphatic heterocycles. The van der Waals surface area contributed by atoms with Gasteiger partial charge in [-0.15, -0.1) is 0 Å². The van der Waals surface area contributed by atoms with Crippen LogP contribution in [0, 0.1) is 13.8 Å². The molecule has 1 amide bonds. The van der Waals surface area contributed by atoms with Crippen LogP contribution in [0.3, 0.4) is 0 Å². The summed E-state index contributed by atoms with van der Waals surface area (Å²) in [6.07, 6.45) is 3.27. The molecule has 1 aromatic carbocycles. The minimum absolute atomic E-state index is 0.0357. The second kappa shape index (κ2) is 5.74. The third kappa shape index (κ3) is 2.81. The number of carbonyl (C=O) groups excluding carboxylic acids is 1. The minimum Gasteiger partial charge on any atom is -0.334 e. The molecule has 2 atom stereocenters. The molecular weight excluding hydrogens is 236 g/mol. The quantitative estimate of drug-likeness (QED) is 0.888. The molecule has 0 aromatic heterocycles. The van der Waals surface area contributed by atoms with Crippen molar-refractivity contribution >= 4 is 5.91 Å². The van der Waals surface area contributed by atoms with Gasteiger partial charge in [0.1, 0.15) is 0 Å². The maximum atomic E-state index is 12.8. The van der Waals surface area contributed by atoms with Gasteiger partial charge in [-0.05, 0) is 51.2 Å². The topological polar surface area (TPSA) is 46.3 Å². The van der Waals surface area contributed by atoms with E-state index in [1.54, 1.807) is 0 Å². The summed E-state index contributed by atoms with van der Waals surface area (Å²) in [7, 11) is 0. The normalized spacial score (nSPS) is 21.3. The Morgan fingerprint density at radius 1 is 1.32 bits per heavy atom. The van der Waals surface area contributed by atoms with Crippen molar-refractivity contribution in [1.82, 2.24) is 4.90 Å². The zero-order valence-corrected chi connectivity index (χ0v) is 12.1. The highest BCUT2D eigenvalue weighted by atomic mass is 16.2. The van der Waals surface area contributed by atoms with Gasteiger partial charge >= 0.3 is 0 Å². The Hall–Kier alpha value is -1.35. The number of hydrogen-bond acceptors (Lipinski definition) is 2. The number of carbonyl (C=O) groups is 1. The molecule has 2 rings (SSSR count). The Bertz CT molecular complexity index is 448. The SMILES string of the molecule is Cc1cccc(C)c1C(=O)N1CCCCC1C(C)N. The van der Waals surface area contributed by atoms with Crippen LogP contribution in [0.1, 0.15) is 47.7 Å². The summed E-state index contributed by atoms with van der Waals surface area (Å²) in [5, 5.41) is 0. The van der Waals surface area contributed by atoms with Gasteiger partial charge < -0.3 is 10.6 Å². The molecule has 1 saturated heterocycles. The summed E-state index contributed by atoms with van der Waals surface area (Å²) >= 11 is 0. The summed E-state index contributed by atoms with van der Waals surface area (Å²) < 4.78 is 0. The monoisotopic (exact) mass is 260 g/mol. The molecule has 0 saturated carbocycles. The van der Waals surface area contributed by atoms with Crippen molar-refractivity contribution in [2.24, 2.45) is 5.73 Å². The zero-order valence-electron chi connectivity index (χ0n) is 12.1. The average molecular weight is 260 g/mol. The van der Waals surface area contributed by atoms with Gasteiger partial charge in [-0.1, -0.05) is 18.2 Å². The van der Waals surface area contributed by atoms with Crippen LogP contribution in [-0.4, -0.2) is 29.4 Å². The molecule has 0 radical (unpaired) electrons. The highest BCUT2D eigenvalue weighted by Crippen LogP contribution is 2.24. The van der Waals surface area contributed by atoms with Crippen molar-refractivity contribution in [2.45, 2.75) is 52.1 Å². The Morgan fingerprint density at radius 2 is 1.95 bits per heavy atom. The van der Waals surface area contributed by atoms with Gasteiger partial charge in [-0.2, -0.15) is 0 Å². The number of nitrogens with zero attached hydrogens (tertiary/aromatic N) is 1. The highest BCUT2D eigenvalue weighted by Gasteiger charge is 2.30. The van der Waals surface area contributed by atoms with E-state index in [0.717, 1.165) is 36.1 Å². The van der Waals surface area contributed by atoms with Crippen molar-refractivity contribution < 1.29 is 4.79 Å². The number of nitrogens with two attached hydrogens (primary N) is 1. The van der Waals surface area contributed by atoms with Crippen molar-refractivity contribution in [3.05, 3.63) is 34.9 Å². The van der Waals surface area contributed by atoms with Gasteiger partial charge in [0, 0.05) is 24.2 Å². The number of amides is 1. The molecule has 1 fully saturated rings.